The molecule has 0 fully saturated rings. The third kappa shape index (κ3) is 3.67. The fourth-order valence-corrected chi connectivity index (χ4v) is 2.27. The second kappa shape index (κ2) is 6.66. The highest BCUT2D eigenvalue weighted by molar-refractivity contribution is 5.22. The lowest BCUT2D eigenvalue weighted by Crippen LogP contribution is -2.30. The maximum absolute atomic E-state index is 4.40. The fourth-order valence-electron chi connectivity index (χ4n) is 2.27. The number of imidazole rings is 1. The lowest BCUT2D eigenvalue weighted by molar-refractivity contribution is 0.467. The van der Waals surface area contributed by atoms with E-state index in [0.29, 0.717) is 6.04 Å². The van der Waals surface area contributed by atoms with Crippen LogP contribution in [0.15, 0.2) is 24.7 Å². The first-order valence-corrected chi connectivity index (χ1v) is 7.25. The molecule has 0 radical (unpaired) electrons. The third-order valence-corrected chi connectivity index (χ3v) is 3.64. The number of aromatic nitrogens is 3. The minimum absolute atomic E-state index is 0.399. The van der Waals surface area contributed by atoms with Crippen LogP contribution in [0.1, 0.15) is 36.5 Å². The van der Waals surface area contributed by atoms with Gasteiger partial charge in [0.25, 0.3) is 0 Å². The molecule has 0 aliphatic heterocycles. The van der Waals surface area contributed by atoms with E-state index in [2.05, 4.69) is 52.9 Å². The lowest BCUT2D eigenvalue weighted by Gasteiger charge is -2.16. The minimum Gasteiger partial charge on any atom is -0.333 e. The highest BCUT2D eigenvalue weighted by Crippen LogP contribution is 2.07. The zero-order valence-electron chi connectivity index (χ0n) is 12.8. The van der Waals surface area contributed by atoms with Crippen LogP contribution in [0.25, 0.3) is 0 Å². The van der Waals surface area contributed by atoms with E-state index in [4.69, 9.17) is 0 Å². The van der Waals surface area contributed by atoms with Crippen molar-refractivity contribution in [3.63, 3.8) is 0 Å². The average Bonchev–Trinajstić information content (AvgIpc) is 2.87. The van der Waals surface area contributed by atoms with Crippen molar-refractivity contribution in [3.05, 3.63) is 47.3 Å². The van der Waals surface area contributed by atoms with Gasteiger partial charge in [-0.2, -0.15) is 0 Å². The monoisotopic (exact) mass is 272 g/mol. The summed E-state index contributed by atoms with van der Waals surface area (Å²) in [6.07, 6.45) is 6.85. The summed E-state index contributed by atoms with van der Waals surface area (Å²) in [5, 5.41) is 3.55. The van der Waals surface area contributed by atoms with Crippen molar-refractivity contribution in [1.29, 1.82) is 0 Å². The van der Waals surface area contributed by atoms with E-state index in [0.717, 1.165) is 31.0 Å². The summed E-state index contributed by atoms with van der Waals surface area (Å²) in [4.78, 5) is 8.76. The van der Waals surface area contributed by atoms with Gasteiger partial charge in [0, 0.05) is 49.8 Å². The Labute approximate surface area is 121 Å². The normalized spacial score (nSPS) is 12.6. The molecule has 0 unspecified atom stereocenters. The van der Waals surface area contributed by atoms with Crippen LogP contribution >= 0.6 is 0 Å². The second-order valence-electron chi connectivity index (χ2n) is 5.38. The third-order valence-electron chi connectivity index (χ3n) is 3.64. The fraction of sp³-hybridized carbons (Fsp3) is 0.500. The number of nitrogens with zero attached hydrogens (tertiary/aromatic N) is 3. The van der Waals surface area contributed by atoms with Crippen molar-refractivity contribution in [3.8, 4) is 0 Å². The molecule has 108 valence electrons. The molecule has 2 rings (SSSR count). The highest BCUT2D eigenvalue weighted by atomic mass is 15.1. The Morgan fingerprint density at radius 2 is 2.10 bits per heavy atom. The number of hydrogen-bond donors (Lipinski definition) is 1. The summed E-state index contributed by atoms with van der Waals surface area (Å²) in [5.74, 6) is 1.14. The molecule has 4 heteroatoms. The smallest absolute Gasteiger partial charge is 0.108 e. The summed E-state index contributed by atoms with van der Waals surface area (Å²) in [5.41, 5.74) is 3.59. The Balaban J connectivity index is 1.88. The van der Waals surface area contributed by atoms with Gasteiger partial charge in [0.15, 0.2) is 0 Å². The first-order valence-electron chi connectivity index (χ1n) is 7.25. The molecule has 0 aromatic carbocycles. The van der Waals surface area contributed by atoms with Gasteiger partial charge in [-0.15, -0.1) is 0 Å². The van der Waals surface area contributed by atoms with Crippen LogP contribution in [0, 0.1) is 13.8 Å². The molecule has 2 heterocycles. The lowest BCUT2D eigenvalue weighted by atomic mass is 10.1. The zero-order valence-corrected chi connectivity index (χ0v) is 12.8. The van der Waals surface area contributed by atoms with E-state index in [1.165, 1.54) is 11.1 Å². The number of rotatable bonds is 6. The second-order valence-corrected chi connectivity index (χ2v) is 5.38. The molecule has 1 N–H and O–H groups in total. The van der Waals surface area contributed by atoms with Crippen molar-refractivity contribution >= 4 is 0 Å². The van der Waals surface area contributed by atoms with Crippen molar-refractivity contribution in [1.82, 2.24) is 19.9 Å². The van der Waals surface area contributed by atoms with E-state index in [9.17, 15) is 0 Å². The van der Waals surface area contributed by atoms with Crippen LogP contribution < -0.4 is 5.32 Å². The van der Waals surface area contributed by atoms with Crippen molar-refractivity contribution in [2.45, 2.75) is 53.2 Å². The molecule has 0 spiro atoms. The molecule has 0 amide bonds. The van der Waals surface area contributed by atoms with Crippen molar-refractivity contribution < 1.29 is 0 Å². The van der Waals surface area contributed by atoms with Gasteiger partial charge in [0.2, 0.25) is 0 Å². The zero-order chi connectivity index (χ0) is 14.5. The Kier molecular flexibility index (Phi) is 4.90. The molecule has 0 saturated carbocycles. The molecule has 20 heavy (non-hydrogen) atoms. The summed E-state index contributed by atoms with van der Waals surface area (Å²) >= 11 is 0. The van der Waals surface area contributed by atoms with Gasteiger partial charge in [-0.05, 0) is 31.9 Å². The number of hydrogen-bond acceptors (Lipinski definition) is 3. The van der Waals surface area contributed by atoms with Crippen LogP contribution in [0.5, 0.6) is 0 Å². The Hall–Kier alpha value is -1.68. The summed E-state index contributed by atoms with van der Waals surface area (Å²) < 4.78 is 2.22. The van der Waals surface area contributed by atoms with Crippen LogP contribution in [0.4, 0.5) is 0 Å². The molecule has 4 nitrogen and oxygen atoms in total. The predicted octanol–water partition coefficient (Wildman–Crippen LogP) is 2.64. The maximum Gasteiger partial charge on any atom is 0.108 e. The molecule has 0 aliphatic rings. The van der Waals surface area contributed by atoms with Gasteiger partial charge in [0.1, 0.15) is 5.82 Å². The van der Waals surface area contributed by atoms with E-state index < -0.39 is 0 Å². The largest absolute Gasteiger partial charge is 0.333 e. The van der Waals surface area contributed by atoms with E-state index in [-0.39, 0.29) is 0 Å². The van der Waals surface area contributed by atoms with Gasteiger partial charge < -0.3 is 9.88 Å². The maximum atomic E-state index is 4.40. The number of aryl methyl sites for hydroxylation is 3. The van der Waals surface area contributed by atoms with Gasteiger partial charge in [-0.1, -0.05) is 13.0 Å². The van der Waals surface area contributed by atoms with Gasteiger partial charge in [-0.25, -0.2) is 4.98 Å². The van der Waals surface area contributed by atoms with Gasteiger partial charge in [0.05, 0.1) is 0 Å². The molecule has 2 aromatic rings. The van der Waals surface area contributed by atoms with E-state index >= 15 is 0 Å². The predicted molar refractivity (Wildman–Crippen MR) is 81.6 cm³/mol. The van der Waals surface area contributed by atoms with E-state index in [1.807, 2.05) is 19.3 Å². The Bertz CT molecular complexity index is 559. The number of pyridine rings is 1. The van der Waals surface area contributed by atoms with Crippen LogP contribution in [0.2, 0.25) is 0 Å². The summed E-state index contributed by atoms with van der Waals surface area (Å²) in [6.45, 7) is 10.3. The quantitative estimate of drug-likeness (QED) is 0.879. The standard InChI is InChI=1S/C16H24N4/c1-5-16-17-6-7-20(16)11-13(3)18-9-15-8-12(2)14(4)19-10-15/h6-8,10,13,18H,5,9,11H2,1-4H3/t13-/m0/s1. The van der Waals surface area contributed by atoms with Gasteiger partial charge >= 0.3 is 0 Å². The van der Waals surface area contributed by atoms with Crippen LogP contribution in [0.3, 0.4) is 0 Å². The van der Waals surface area contributed by atoms with Gasteiger partial charge in [-0.3, -0.25) is 4.98 Å². The SMILES string of the molecule is CCc1nccn1C[C@H](C)NCc1cnc(C)c(C)c1. The molecule has 1 atom stereocenters. The Morgan fingerprint density at radius 1 is 1.30 bits per heavy atom. The molecule has 2 aromatic heterocycles. The molecular weight excluding hydrogens is 248 g/mol. The highest BCUT2D eigenvalue weighted by Gasteiger charge is 2.06. The van der Waals surface area contributed by atoms with Crippen molar-refractivity contribution in [2.24, 2.45) is 0 Å². The molecular formula is C16H24N4. The van der Waals surface area contributed by atoms with Crippen LogP contribution in [-0.4, -0.2) is 20.6 Å². The minimum atomic E-state index is 0.399. The Morgan fingerprint density at radius 3 is 2.80 bits per heavy atom. The number of nitrogens with one attached hydrogen (secondary N) is 1. The topological polar surface area (TPSA) is 42.7 Å². The van der Waals surface area contributed by atoms with E-state index in [1.54, 1.807) is 0 Å². The summed E-state index contributed by atoms with van der Waals surface area (Å²) in [7, 11) is 0. The molecule has 0 saturated heterocycles. The van der Waals surface area contributed by atoms with Crippen LogP contribution in [-0.2, 0) is 19.5 Å². The molecule has 0 aliphatic carbocycles. The first kappa shape index (κ1) is 14.7. The first-order chi connectivity index (χ1) is 9.60. The molecule has 0 bridgehead atoms. The van der Waals surface area contributed by atoms with Crippen molar-refractivity contribution in [2.75, 3.05) is 0 Å². The summed E-state index contributed by atoms with van der Waals surface area (Å²) in [6, 6.07) is 2.60. The average molecular weight is 272 g/mol.